The first-order valence-corrected chi connectivity index (χ1v) is 13.2. The van der Waals surface area contributed by atoms with E-state index in [1.54, 1.807) is 7.11 Å². The van der Waals surface area contributed by atoms with Crippen molar-refractivity contribution < 1.29 is 28.5 Å². The minimum Gasteiger partial charge on any atom is -0.385 e. The standard InChI is InChI=1S/C20H45NO6P2/c1-8-23-19(5,24-9-2)28-17-13-21(27-16-12-15-22-7)14-18-29-20(6,25-10-3)26-11-4/h28-29H,8-18H2,1-7H3. The van der Waals surface area contributed by atoms with Gasteiger partial charge in [-0.15, -0.1) is 0 Å². The van der Waals surface area contributed by atoms with Gasteiger partial charge in [-0.2, -0.15) is 5.06 Å². The molecule has 29 heavy (non-hydrogen) atoms. The molecule has 9 heteroatoms. The lowest BCUT2D eigenvalue weighted by molar-refractivity contribution is -0.162. The maximum Gasteiger partial charge on any atom is 0.180 e. The fourth-order valence-corrected chi connectivity index (χ4v) is 5.46. The summed E-state index contributed by atoms with van der Waals surface area (Å²) in [7, 11) is 2.80. The van der Waals surface area contributed by atoms with Crippen LogP contribution in [-0.2, 0) is 28.5 Å². The van der Waals surface area contributed by atoms with E-state index >= 15 is 0 Å². The largest absolute Gasteiger partial charge is 0.385 e. The summed E-state index contributed by atoms with van der Waals surface area (Å²) >= 11 is 0. The molecule has 0 amide bonds. The van der Waals surface area contributed by atoms with E-state index in [1.165, 1.54) is 0 Å². The van der Waals surface area contributed by atoms with Gasteiger partial charge >= 0.3 is 0 Å². The first-order valence-electron chi connectivity index (χ1n) is 10.8. The van der Waals surface area contributed by atoms with Gasteiger partial charge in [0.15, 0.2) is 11.1 Å². The van der Waals surface area contributed by atoms with Crippen molar-refractivity contribution in [1.29, 1.82) is 0 Å². The Bertz CT molecular complexity index is 339. The quantitative estimate of drug-likeness (QED) is 0.111. The summed E-state index contributed by atoms with van der Waals surface area (Å²) in [5.41, 5.74) is -1.01. The highest BCUT2D eigenvalue weighted by Gasteiger charge is 2.26. The smallest absolute Gasteiger partial charge is 0.180 e. The number of ether oxygens (including phenoxy) is 5. The average molecular weight is 458 g/mol. The van der Waals surface area contributed by atoms with Crippen LogP contribution >= 0.6 is 17.2 Å². The molecule has 176 valence electrons. The molecule has 0 aliphatic carbocycles. The second-order valence-corrected chi connectivity index (χ2v) is 10.1. The molecule has 0 bridgehead atoms. The third-order valence-electron chi connectivity index (χ3n) is 4.06. The van der Waals surface area contributed by atoms with E-state index in [1.807, 2.05) is 41.5 Å². The first kappa shape index (κ1) is 29.6. The third kappa shape index (κ3) is 15.1. The number of methoxy groups -OCH3 is 1. The van der Waals surface area contributed by atoms with Crippen LogP contribution in [0.4, 0.5) is 0 Å². The van der Waals surface area contributed by atoms with Crippen LogP contribution in [0.3, 0.4) is 0 Å². The zero-order chi connectivity index (χ0) is 22.0. The summed E-state index contributed by atoms with van der Waals surface area (Å²) in [6.07, 6.45) is 2.79. The van der Waals surface area contributed by atoms with E-state index in [-0.39, 0.29) is 0 Å². The lowest BCUT2D eigenvalue weighted by atomic mass is 10.5. The van der Waals surface area contributed by atoms with Crippen molar-refractivity contribution in [3.05, 3.63) is 0 Å². The van der Waals surface area contributed by atoms with E-state index in [0.29, 0.717) is 56.8 Å². The van der Waals surface area contributed by atoms with Gasteiger partial charge in [0.2, 0.25) is 0 Å². The van der Waals surface area contributed by atoms with Crippen molar-refractivity contribution in [2.75, 3.05) is 72.2 Å². The van der Waals surface area contributed by atoms with Gasteiger partial charge in [-0.3, -0.25) is 4.84 Å². The molecule has 0 spiro atoms. The number of nitrogens with zero attached hydrogens (tertiary/aromatic N) is 1. The molecule has 0 fully saturated rings. The van der Waals surface area contributed by atoms with Gasteiger partial charge in [0.25, 0.3) is 0 Å². The van der Waals surface area contributed by atoms with E-state index in [0.717, 1.165) is 31.8 Å². The lowest BCUT2D eigenvalue weighted by Crippen LogP contribution is -2.34. The highest BCUT2D eigenvalue weighted by molar-refractivity contribution is 7.39. The Hall–Kier alpha value is 0.580. The second-order valence-electron chi connectivity index (χ2n) is 6.59. The van der Waals surface area contributed by atoms with Crippen LogP contribution in [0, 0.1) is 0 Å². The van der Waals surface area contributed by atoms with Gasteiger partial charge < -0.3 is 23.7 Å². The molecule has 7 nitrogen and oxygen atoms in total. The van der Waals surface area contributed by atoms with E-state index in [9.17, 15) is 0 Å². The first-order chi connectivity index (χ1) is 13.9. The molecule has 0 rings (SSSR count). The topological polar surface area (TPSA) is 58.6 Å². The molecule has 0 saturated heterocycles. The molecule has 2 unspecified atom stereocenters. The van der Waals surface area contributed by atoms with E-state index in [4.69, 9.17) is 28.5 Å². The van der Waals surface area contributed by atoms with Crippen LogP contribution in [0.5, 0.6) is 0 Å². The Labute approximate surface area is 182 Å². The average Bonchev–Trinajstić information content (AvgIpc) is 2.65. The number of hydroxylamine groups is 2. The van der Waals surface area contributed by atoms with E-state index in [2.05, 4.69) is 5.06 Å². The number of hydrogen-bond donors (Lipinski definition) is 0. The summed E-state index contributed by atoms with van der Waals surface area (Å²) in [4.78, 5) is 6.01. The van der Waals surface area contributed by atoms with Crippen LogP contribution < -0.4 is 0 Å². The van der Waals surface area contributed by atoms with Gasteiger partial charge in [-0.25, -0.2) is 0 Å². The van der Waals surface area contributed by atoms with Gasteiger partial charge in [0, 0.05) is 53.2 Å². The molecule has 0 aromatic rings. The normalized spacial score (nSPS) is 13.7. The van der Waals surface area contributed by atoms with Crippen molar-refractivity contribution in [2.45, 2.75) is 59.0 Å². The molecule has 0 aromatic heterocycles. The highest BCUT2D eigenvalue weighted by atomic mass is 31.1. The Morgan fingerprint density at radius 3 is 1.45 bits per heavy atom. The molecule has 0 radical (unpaired) electrons. The van der Waals surface area contributed by atoms with Crippen molar-refractivity contribution in [3.8, 4) is 0 Å². The van der Waals surface area contributed by atoms with Crippen molar-refractivity contribution in [2.24, 2.45) is 0 Å². The summed E-state index contributed by atoms with van der Waals surface area (Å²) in [5, 5.41) is 2.06. The Balaban J connectivity index is 4.59. The van der Waals surface area contributed by atoms with Gasteiger partial charge in [0.1, 0.15) is 0 Å². The van der Waals surface area contributed by atoms with Gasteiger partial charge in [0.05, 0.1) is 6.61 Å². The van der Waals surface area contributed by atoms with Gasteiger partial charge in [-0.05, 0) is 60.3 Å². The van der Waals surface area contributed by atoms with Crippen LogP contribution in [0.2, 0.25) is 0 Å². The Morgan fingerprint density at radius 2 is 1.10 bits per heavy atom. The molecule has 0 saturated carbocycles. The predicted molar refractivity (Wildman–Crippen MR) is 124 cm³/mol. The predicted octanol–water partition coefficient (Wildman–Crippen LogP) is 4.11. The van der Waals surface area contributed by atoms with Crippen molar-refractivity contribution in [3.63, 3.8) is 0 Å². The second kappa shape index (κ2) is 18.2. The fraction of sp³-hybridized carbons (Fsp3) is 1.00. The molecule has 2 atom stereocenters. The zero-order valence-corrected chi connectivity index (χ0v) is 21.7. The number of hydrogen-bond acceptors (Lipinski definition) is 7. The molecular weight excluding hydrogens is 412 g/mol. The summed E-state index contributed by atoms with van der Waals surface area (Å²) in [5.74, 6) is 0. The minimum absolute atomic E-state index is 0.504. The molecule has 0 aliphatic rings. The van der Waals surface area contributed by atoms with Crippen LogP contribution in [0.1, 0.15) is 48.0 Å². The monoisotopic (exact) mass is 457 g/mol. The van der Waals surface area contributed by atoms with Crippen LogP contribution in [0.15, 0.2) is 0 Å². The Morgan fingerprint density at radius 1 is 0.690 bits per heavy atom. The molecule has 0 aliphatic heterocycles. The lowest BCUT2D eigenvalue weighted by Gasteiger charge is -2.31. The molecular formula is C20H45NO6P2. The van der Waals surface area contributed by atoms with Gasteiger partial charge in [-0.1, -0.05) is 17.2 Å². The summed E-state index contributed by atoms with van der Waals surface area (Å²) < 4.78 is 28.4. The summed E-state index contributed by atoms with van der Waals surface area (Å²) in [6, 6.07) is 0. The highest BCUT2D eigenvalue weighted by Crippen LogP contribution is 2.35. The van der Waals surface area contributed by atoms with E-state index < -0.39 is 11.1 Å². The zero-order valence-electron chi connectivity index (χ0n) is 19.7. The maximum absolute atomic E-state index is 6.01. The fourth-order valence-electron chi connectivity index (χ4n) is 2.84. The maximum atomic E-state index is 6.01. The van der Waals surface area contributed by atoms with Crippen molar-refractivity contribution >= 4 is 17.2 Å². The summed E-state index contributed by atoms with van der Waals surface area (Å²) in [6.45, 7) is 17.7. The molecule has 0 aromatic carbocycles. The third-order valence-corrected chi connectivity index (χ3v) is 6.87. The van der Waals surface area contributed by atoms with Crippen molar-refractivity contribution in [1.82, 2.24) is 5.06 Å². The van der Waals surface area contributed by atoms with Crippen LogP contribution in [0.25, 0.3) is 0 Å². The molecule has 0 N–H and O–H groups in total. The minimum atomic E-state index is -0.504. The van der Waals surface area contributed by atoms with Crippen LogP contribution in [-0.4, -0.2) is 88.3 Å². The SMILES string of the molecule is CCOC(C)(OCC)PCCN(CCPC(C)(OCC)OCC)OCCCOC. The Kier molecular flexibility index (Phi) is 18.5. The number of rotatable bonds is 21. The molecule has 0 heterocycles.